The summed E-state index contributed by atoms with van der Waals surface area (Å²) in [6, 6.07) is 1.39. The van der Waals surface area contributed by atoms with Crippen molar-refractivity contribution < 1.29 is 32.2 Å². The normalized spacial score (nSPS) is 24.9. The lowest BCUT2D eigenvalue weighted by molar-refractivity contribution is 0.0122. The summed E-state index contributed by atoms with van der Waals surface area (Å²) in [5, 5.41) is 7.71. The number of hydrogen-bond donors (Lipinski definition) is 1. The average molecular weight is 708 g/mol. The van der Waals surface area contributed by atoms with Gasteiger partial charge in [-0.05, 0) is 84.0 Å². The van der Waals surface area contributed by atoms with Gasteiger partial charge in [0.25, 0.3) is 0 Å². The van der Waals surface area contributed by atoms with Crippen LogP contribution in [0.5, 0.6) is 11.8 Å². The zero-order valence-corrected chi connectivity index (χ0v) is 29.9. The van der Waals surface area contributed by atoms with Gasteiger partial charge in [0.1, 0.15) is 29.7 Å². The molecule has 6 heterocycles. The molecule has 4 aliphatic heterocycles. The molecule has 14 heteroatoms. The molecule has 11 nitrogen and oxygen atoms in total. The second-order valence-corrected chi connectivity index (χ2v) is 15.7. The Balaban J connectivity index is 1.28. The van der Waals surface area contributed by atoms with E-state index in [1.807, 2.05) is 45.6 Å². The van der Waals surface area contributed by atoms with E-state index in [9.17, 15) is 9.18 Å². The molecule has 4 fully saturated rings. The zero-order valence-electron chi connectivity index (χ0n) is 29.9. The molecule has 2 bridgehead atoms. The molecule has 8 rings (SSSR count). The van der Waals surface area contributed by atoms with E-state index in [1.54, 1.807) is 11.1 Å². The number of H-pyrrole nitrogens is 1. The van der Waals surface area contributed by atoms with E-state index >= 15 is 8.78 Å². The van der Waals surface area contributed by atoms with Crippen LogP contribution in [0.25, 0.3) is 32.9 Å². The molecule has 4 aliphatic rings. The van der Waals surface area contributed by atoms with Gasteiger partial charge in [0.15, 0.2) is 17.4 Å². The average Bonchev–Trinajstić information content (AvgIpc) is 3.82. The van der Waals surface area contributed by atoms with Crippen molar-refractivity contribution in [3.05, 3.63) is 35.0 Å². The van der Waals surface area contributed by atoms with Crippen molar-refractivity contribution in [2.45, 2.75) is 96.1 Å². The Labute approximate surface area is 294 Å². The number of piperazine rings is 1. The maximum absolute atomic E-state index is 17.3. The van der Waals surface area contributed by atoms with Gasteiger partial charge >= 0.3 is 12.1 Å². The van der Waals surface area contributed by atoms with Crippen LogP contribution < -0.4 is 14.4 Å². The molecule has 272 valence electrons. The number of carbonyl (C=O) groups is 1. The van der Waals surface area contributed by atoms with Crippen molar-refractivity contribution in [3.8, 4) is 22.9 Å². The van der Waals surface area contributed by atoms with E-state index in [-0.39, 0.29) is 58.8 Å². The van der Waals surface area contributed by atoms with Crippen LogP contribution in [0.1, 0.15) is 64.0 Å². The molecule has 4 aromatic rings. The molecule has 2 unspecified atom stereocenters. The second kappa shape index (κ2) is 12.1. The van der Waals surface area contributed by atoms with Gasteiger partial charge < -0.3 is 19.1 Å². The molecular weight excluding hydrogens is 663 g/mol. The summed E-state index contributed by atoms with van der Waals surface area (Å²) in [6.07, 6.45) is 3.75. The molecule has 0 aliphatic carbocycles. The first-order valence-electron chi connectivity index (χ1n) is 17.8. The van der Waals surface area contributed by atoms with Crippen LogP contribution >= 0.6 is 0 Å². The second-order valence-electron chi connectivity index (χ2n) is 15.7. The number of benzene rings is 2. The topological polar surface area (TPSA) is 109 Å². The summed E-state index contributed by atoms with van der Waals surface area (Å²) >= 11 is 0. The number of aromatic amines is 1. The predicted octanol–water partition coefficient (Wildman–Crippen LogP) is 6.62. The van der Waals surface area contributed by atoms with E-state index in [2.05, 4.69) is 20.1 Å². The highest BCUT2D eigenvalue weighted by Gasteiger charge is 2.50. The number of nitrogens with zero attached hydrogens (tertiary/aromatic N) is 6. The fourth-order valence-electron chi connectivity index (χ4n) is 8.93. The van der Waals surface area contributed by atoms with Gasteiger partial charge in [-0.15, -0.1) is 0 Å². The standard InChI is InChI=1S/C37H44F3N7O4/c1-19-12-25-24(14-41-44-25)26(20(19)2)27-29(39)31-28(32(49-6)30(27)40)33(43-34(42-31)50-18-37-10-7-11-46(37)15-21(38)13-37)45-16-22-8-9-23(17-45)47(22)35(48)51-36(3,4)5/h12,14,21-23H,7-11,13,15-18H2,1-6H3,(H,41,44)/t21-,22?,23?,37+/m1/s1. The predicted molar refractivity (Wildman–Crippen MR) is 186 cm³/mol. The summed E-state index contributed by atoms with van der Waals surface area (Å²) in [7, 11) is 1.34. The molecule has 0 radical (unpaired) electrons. The number of methoxy groups -OCH3 is 1. The highest BCUT2D eigenvalue weighted by atomic mass is 19.1. The van der Waals surface area contributed by atoms with E-state index in [1.165, 1.54) is 7.11 Å². The summed E-state index contributed by atoms with van der Waals surface area (Å²) in [6.45, 7) is 11.2. The number of carbonyl (C=O) groups excluding carboxylic acids is 1. The van der Waals surface area contributed by atoms with E-state index in [4.69, 9.17) is 19.2 Å². The maximum atomic E-state index is 17.3. The van der Waals surface area contributed by atoms with Gasteiger partial charge in [-0.25, -0.2) is 18.0 Å². The van der Waals surface area contributed by atoms with Crippen molar-refractivity contribution in [2.75, 3.05) is 44.8 Å². The summed E-state index contributed by atoms with van der Waals surface area (Å²) < 4.78 is 66.7. The summed E-state index contributed by atoms with van der Waals surface area (Å²) in [5.74, 6) is -1.71. The first-order chi connectivity index (χ1) is 24.3. The number of aromatic nitrogens is 4. The highest BCUT2D eigenvalue weighted by Crippen LogP contribution is 2.47. The molecule has 2 aromatic heterocycles. The fraction of sp³-hybridized carbons (Fsp3) is 0.568. The van der Waals surface area contributed by atoms with Gasteiger partial charge in [0.2, 0.25) is 0 Å². The number of aryl methyl sites for hydroxylation is 1. The maximum Gasteiger partial charge on any atom is 0.410 e. The minimum Gasteiger partial charge on any atom is -0.493 e. The Morgan fingerprint density at radius 2 is 1.82 bits per heavy atom. The lowest BCUT2D eigenvalue weighted by Gasteiger charge is -2.42. The van der Waals surface area contributed by atoms with E-state index in [0.29, 0.717) is 48.1 Å². The number of nitrogens with one attached hydrogen (secondary N) is 1. The Morgan fingerprint density at radius 3 is 2.53 bits per heavy atom. The smallest absolute Gasteiger partial charge is 0.410 e. The number of anilines is 1. The monoisotopic (exact) mass is 707 g/mol. The van der Waals surface area contributed by atoms with E-state index < -0.39 is 28.9 Å². The van der Waals surface area contributed by atoms with Crippen LogP contribution in [0.15, 0.2) is 12.3 Å². The molecule has 0 spiro atoms. The van der Waals surface area contributed by atoms with Crippen LogP contribution in [0, 0.1) is 25.5 Å². The number of ether oxygens (including phenoxy) is 3. The number of fused-ring (bicyclic) bond motifs is 5. The Bertz CT molecular complexity index is 2040. The van der Waals surface area contributed by atoms with Crippen molar-refractivity contribution in [1.82, 2.24) is 30.0 Å². The summed E-state index contributed by atoms with van der Waals surface area (Å²) in [5.41, 5.74) is 0.912. The largest absolute Gasteiger partial charge is 0.493 e. The van der Waals surface area contributed by atoms with Crippen molar-refractivity contribution in [1.29, 1.82) is 0 Å². The SMILES string of the molecule is COc1c(F)c(-c2c(C)c(C)cc3[nH]ncc23)c(F)c2nc(OC[C@@]34CCCN3C[C@H](F)C4)nc(N3CC4CCC(C3)N4C(=O)OC(C)(C)C)c12. The van der Waals surface area contributed by atoms with Crippen molar-refractivity contribution in [3.63, 3.8) is 0 Å². The van der Waals surface area contributed by atoms with Crippen LogP contribution in [0.3, 0.4) is 0 Å². The molecule has 0 saturated carbocycles. The summed E-state index contributed by atoms with van der Waals surface area (Å²) in [4.78, 5) is 28.6. The van der Waals surface area contributed by atoms with Gasteiger partial charge in [-0.3, -0.25) is 14.9 Å². The molecule has 51 heavy (non-hydrogen) atoms. The van der Waals surface area contributed by atoms with Crippen molar-refractivity contribution in [2.24, 2.45) is 0 Å². The fourth-order valence-corrected chi connectivity index (χ4v) is 8.93. The third-order valence-electron chi connectivity index (χ3n) is 11.3. The number of hydrogen-bond acceptors (Lipinski definition) is 9. The molecule has 4 atom stereocenters. The van der Waals surface area contributed by atoms with Gasteiger partial charge in [0.05, 0.1) is 47.4 Å². The highest BCUT2D eigenvalue weighted by molar-refractivity contribution is 6.04. The molecular formula is C37H44F3N7O4. The minimum absolute atomic E-state index is 0.0767. The third kappa shape index (κ3) is 5.51. The lowest BCUT2D eigenvalue weighted by Crippen LogP contribution is -2.57. The minimum atomic E-state index is -0.955. The van der Waals surface area contributed by atoms with Gasteiger partial charge in [0, 0.05) is 37.0 Å². The number of halogens is 3. The van der Waals surface area contributed by atoms with Gasteiger partial charge in [-0.2, -0.15) is 15.1 Å². The van der Waals surface area contributed by atoms with Crippen LogP contribution in [-0.2, 0) is 4.74 Å². The van der Waals surface area contributed by atoms with E-state index in [0.717, 1.165) is 37.8 Å². The molecule has 1 N–H and O–H groups in total. The zero-order chi connectivity index (χ0) is 36.0. The Morgan fingerprint density at radius 1 is 1.08 bits per heavy atom. The number of rotatable bonds is 6. The van der Waals surface area contributed by atoms with Crippen LogP contribution in [0.4, 0.5) is 23.8 Å². The Hall–Kier alpha value is -4.33. The molecule has 4 saturated heterocycles. The van der Waals surface area contributed by atoms with Crippen LogP contribution in [-0.4, -0.2) is 105 Å². The number of amides is 1. The lowest BCUT2D eigenvalue weighted by atomic mass is 9.91. The first kappa shape index (κ1) is 33.8. The third-order valence-corrected chi connectivity index (χ3v) is 11.3. The quantitative estimate of drug-likeness (QED) is 0.237. The van der Waals surface area contributed by atoms with Crippen molar-refractivity contribution >= 4 is 33.7 Å². The molecule has 1 amide bonds. The van der Waals surface area contributed by atoms with Crippen LogP contribution in [0.2, 0.25) is 0 Å². The molecule has 2 aromatic carbocycles. The number of alkyl halides is 1. The van der Waals surface area contributed by atoms with Gasteiger partial charge in [-0.1, -0.05) is 0 Å². The first-order valence-corrected chi connectivity index (χ1v) is 17.8. The Kier molecular flexibility index (Phi) is 8.04.